The molecule has 22 heavy (non-hydrogen) atoms. The number of nitrogens with one attached hydrogen (secondary N) is 3. The molecule has 1 saturated heterocycles. The Morgan fingerprint density at radius 2 is 2.00 bits per heavy atom. The predicted octanol–water partition coefficient (Wildman–Crippen LogP) is 0.867. The number of rotatable bonds is 4. The number of nitrogens with zero attached hydrogens (tertiary/aromatic N) is 1. The van der Waals surface area contributed by atoms with Gasteiger partial charge in [0.1, 0.15) is 5.69 Å². The minimum Gasteiger partial charge on any atom is -0.321 e. The van der Waals surface area contributed by atoms with Gasteiger partial charge in [-0.3, -0.25) is 24.8 Å². The van der Waals surface area contributed by atoms with E-state index >= 15 is 0 Å². The number of hydrogen-bond acceptors (Lipinski definition) is 4. The highest BCUT2D eigenvalue weighted by Gasteiger charge is 2.30. The lowest BCUT2D eigenvalue weighted by molar-refractivity contribution is -0.125. The number of carbonyl (C=O) groups excluding carboxylic acids is 3. The summed E-state index contributed by atoms with van der Waals surface area (Å²) >= 11 is 0. The molecular formula is C15H14N4O3. The fourth-order valence-corrected chi connectivity index (χ4v) is 2.36. The lowest BCUT2D eigenvalue weighted by atomic mass is 9.98. The van der Waals surface area contributed by atoms with Gasteiger partial charge in [-0.2, -0.15) is 5.10 Å². The molecule has 1 aromatic carbocycles. The first-order valence-electron chi connectivity index (χ1n) is 6.85. The van der Waals surface area contributed by atoms with E-state index in [-0.39, 0.29) is 30.1 Å². The maximum Gasteiger partial charge on any atom is 0.273 e. The van der Waals surface area contributed by atoms with Crippen LogP contribution in [0.1, 0.15) is 22.5 Å². The van der Waals surface area contributed by atoms with Crippen molar-refractivity contribution in [3.8, 4) is 0 Å². The summed E-state index contributed by atoms with van der Waals surface area (Å²) in [5.74, 6) is -1.02. The monoisotopic (exact) mass is 298 g/mol. The van der Waals surface area contributed by atoms with Crippen LogP contribution in [-0.2, 0) is 16.0 Å². The molecule has 0 aliphatic carbocycles. The van der Waals surface area contributed by atoms with Gasteiger partial charge < -0.3 is 5.32 Å². The first-order valence-corrected chi connectivity index (χ1v) is 6.85. The van der Waals surface area contributed by atoms with E-state index in [1.807, 2.05) is 12.1 Å². The van der Waals surface area contributed by atoms with Crippen LogP contribution in [0.3, 0.4) is 0 Å². The van der Waals surface area contributed by atoms with Gasteiger partial charge in [0.25, 0.3) is 5.91 Å². The molecule has 1 fully saturated rings. The van der Waals surface area contributed by atoms with E-state index in [2.05, 4.69) is 20.8 Å². The van der Waals surface area contributed by atoms with Gasteiger partial charge in [0.2, 0.25) is 11.8 Å². The summed E-state index contributed by atoms with van der Waals surface area (Å²) in [6, 6.07) is 8.77. The Morgan fingerprint density at radius 1 is 1.23 bits per heavy atom. The molecule has 0 saturated carbocycles. The molecule has 1 unspecified atom stereocenters. The van der Waals surface area contributed by atoms with Gasteiger partial charge in [-0.05, 0) is 30.2 Å². The van der Waals surface area contributed by atoms with Crippen LogP contribution >= 0.6 is 0 Å². The van der Waals surface area contributed by atoms with E-state index in [4.69, 9.17) is 0 Å². The molecule has 3 amide bonds. The summed E-state index contributed by atoms with van der Waals surface area (Å²) < 4.78 is 0. The van der Waals surface area contributed by atoms with Crippen molar-refractivity contribution in [2.75, 3.05) is 5.32 Å². The predicted molar refractivity (Wildman–Crippen MR) is 77.9 cm³/mol. The Morgan fingerprint density at radius 3 is 2.59 bits per heavy atom. The van der Waals surface area contributed by atoms with Crippen molar-refractivity contribution in [3.05, 3.63) is 47.8 Å². The second-order valence-corrected chi connectivity index (χ2v) is 5.14. The molecule has 1 aliphatic rings. The summed E-state index contributed by atoms with van der Waals surface area (Å²) in [6.07, 6.45) is 2.25. The number of aromatic amines is 1. The van der Waals surface area contributed by atoms with Crippen LogP contribution in [0, 0.1) is 5.92 Å². The van der Waals surface area contributed by atoms with Crippen molar-refractivity contribution in [2.24, 2.45) is 5.92 Å². The number of hydrogen-bond donors (Lipinski definition) is 3. The molecule has 2 aromatic rings. The van der Waals surface area contributed by atoms with Crippen LogP contribution in [0.25, 0.3) is 0 Å². The first kappa shape index (κ1) is 14.0. The first-order chi connectivity index (χ1) is 10.6. The molecule has 1 atom stereocenters. The van der Waals surface area contributed by atoms with Crippen LogP contribution in [0.4, 0.5) is 5.69 Å². The van der Waals surface area contributed by atoms with Crippen LogP contribution in [0.5, 0.6) is 0 Å². The second-order valence-electron chi connectivity index (χ2n) is 5.14. The zero-order valence-corrected chi connectivity index (χ0v) is 11.6. The summed E-state index contributed by atoms with van der Waals surface area (Å²) in [6.45, 7) is 0. The molecule has 2 heterocycles. The van der Waals surface area contributed by atoms with Crippen LogP contribution in [-0.4, -0.2) is 27.9 Å². The van der Waals surface area contributed by atoms with Crippen molar-refractivity contribution >= 4 is 23.4 Å². The maximum atomic E-state index is 11.8. The summed E-state index contributed by atoms with van der Waals surface area (Å²) in [7, 11) is 0. The van der Waals surface area contributed by atoms with Gasteiger partial charge in [-0.1, -0.05) is 12.1 Å². The third-order valence-corrected chi connectivity index (χ3v) is 3.50. The van der Waals surface area contributed by atoms with E-state index in [9.17, 15) is 14.4 Å². The SMILES string of the molecule is O=C1CC(Cc2ccc(NC(=O)c3ccn[nH]3)cc2)C(=O)N1. The quantitative estimate of drug-likeness (QED) is 0.728. The molecule has 0 bridgehead atoms. The molecule has 3 N–H and O–H groups in total. The summed E-state index contributed by atoms with van der Waals surface area (Å²) in [5.41, 5.74) is 1.97. The Labute approximate surface area is 126 Å². The molecule has 112 valence electrons. The fourth-order valence-electron chi connectivity index (χ4n) is 2.36. The molecule has 1 aromatic heterocycles. The number of aromatic nitrogens is 2. The van der Waals surface area contributed by atoms with Crippen molar-refractivity contribution in [1.29, 1.82) is 0 Å². The van der Waals surface area contributed by atoms with E-state index in [0.29, 0.717) is 17.8 Å². The third-order valence-electron chi connectivity index (χ3n) is 3.50. The van der Waals surface area contributed by atoms with Gasteiger partial charge in [0, 0.05) is 18.3 Å². The van der Waals surface area contributed by atoms with Gasteiger partial charge in [0.05, 0.1) is 5.92 Å². The molecule has 3 rings (SSSR count). The highest BCUT2D eigenvalue weighted by molar-refractivity contribution is 6.03. The minimum absolute atomic E-state index is 0.221. The van der Waals surface area contributed by atoms with Crippen molar-refractivity contribution in [2.45, 2.75) is 12.8 Å². The summed E-state index contributed by atoms with van der Waals surface area (Å²) in [5, 5.41) is 11.3. The van der Waals surface area contributed by atoms with Crippen molar-refractivity contribution < 1.29 is 14.4 Å². The Kier molecular flexibility index (Phi) is 3.69. The molecule has 0 spiro atoms. The topological polar surface area (TPSA) is 104 Å². The molecule has 0 radical (unpaired) electrons. The largest absolute Gasteiger partial charge is 0.321 e. The normalized spacial score (nSPS) is 17.4. The Hall–Kier alpha value is -2.96. The Balaban J connectivity index is 1.62. The van der Waals surface area contributed by atoms with Gasteiger partial charge >= 0.3 is 0 Å². The number of benzene rings is 1. The van der Waals surface area contributed by atoms with Crippen LogP contribution in [0.2, 0.25) is 0 Å². The van der Waals surface area contributed by atoms with E-state index in [0.717, 1.165) is 5.56 Å². The highest BCUT2D eigenvalue weighted by Crippen LogP contribution is 2.19. The summed E-state index contributed by atoms with van der Waals surface area (Å²) in [4.78, 5) is 34.5. The average Bonchev–Trinajstić information content (AvgIpc) is 3.12. The molecule has 1 aliphatic heterocycles. The number of imide groups is 1. The number of carbonyl (C=O) groups is 3. The number of amides is 3. The smallest absolute Gasteiger partial charge is 0.273 e. The third kappa shape index (κ3) is 3.03. The second kappa shape index (κ2) is 5.80. The lowest BCUT2D eigenvalue weighted by Crippen LogP contribution is -2.22. The van der Waals surface area contributed by atoms with Crippen LogP contribution in [0.15, 0.2) is 36.5 Å². The van der Waals surface area contributed by atoms with Gasteiger partial charge in [0.15, 0.2) is 0 Å². The van der Waals surface area contributed by atoms with E-state index in [1.54, 1.807) is 18.2 Å². The zero-order valence-electron chi connectivity index (χ0n) is 11.6. The molecule has 7 heteroatoms. The number of H-pyrrole nitrogens is 1. The van der Waals surface area contributed by atoms with E-state index in [1.165, 1.54) is 6.20 Å². The number of anilines is 1. The lowest BCUT2D eigenvalue weighted by Gasteiger charge is -2.08. The minimum atomic E-state index is -0.307. The zero-order chi connectivity index (χ0) is 15.5. The molecular weight excluding hydrogens is 284 g/mol. The fraction of sp³-hybridized carbons (Fsp3) is 0.200. The Bertz CT molecular complexity index is 707. The highest BCUT2D eigenvalue weighted by atomic mass is 16.2. The standard InChI is InChI=1S/C15H14N4O3/c20-13-8-10(14(21)18-13)7-9-1-3-11(4-2-9)17-15(22)12-5-6-16-19-12/h1-6,10H,7-8H2,(H,16,19)(H,17,22)(H,18,20,21). The van der Waals surface area contributed by atoms with E-state index < -0.39 is 0 Å². The van der Waals surface area contributed by atoms with Gasteiger partial charge in [-0.15, -0.1) is 0 Å². The van der Waals surface area contributed by atoms with Crippen molar-refractivity contribution in [3.63, 3.8) is 0 Å². The van der Waals surface area contributed by atoms with Gasteiger partial charge in [-0.25, -0.2) is 0 Å². The van der Waals surface area contributed by atoms with Crippen LogP contribution < -0.4 is 10.6 Å². The molecule has 7 nitrogen and oxygen atoms in total. The van der Waals surface area contributed by atoms with Crippen molar-refractivity contribution in [1.82, 2.24) is 15.5 Å². The maximum absolute atomic E-state index is 11.8. The average molecular weight is 298 g/mol.